The highest BCUT2D eigenvalue weighted by Gasteiger charge is 2.35. The van der Waals surface area contributed by atoms with Crippen molar-refractivity contribution < 1.29 is 39.2 Å². The van der Waals surface area contributed by atoms with E-state index in [-0.39, 0.29) is 58.7 Å². The Kier molecular flexibility index (Phi) is 13.6. The minimum absolute atomic E-state index is 0.0750. The van der Waals surface area contributed by atoms with Crippen molar-refractivity contribution in [2.45, 2.75) is 72.8 Å². The maximum Gasteiger partial charge on any atom is 0.415 e. The number of aromatic hydroxyl groups is 2. The van der Waals surface area contributed by atoms with Gasteiger partial charge in [0.15, 0.2) is 6.10 Å². The van der Waals surface area contributed by atoms with E-state index in [0.29, 0.717) is 60.0 Å². The molecule has 17 nitrogen and oxygen atoms in total. The van der Waals surface area contributed by atoms with Crippen LogP contribution in [0, 0.1) is 5.41 Å². The first-order chi connectivity index (χ1) is 31.1. The number of phenols is 2. The molecule has 1 saturated heterocycles. The highest BCUT2D eigenvalue weighted by Crippen LogP contribution is 2.39. The number of aliphatic hydroxyl groups excluding tert-OH is 1. The number of cyclic esters (lactones) is 1. The number of rotatable bonds is 10. The van der Waals surface area contributed by atoms with E-state index in [9.17, 15) is 34.5 Å². The van der Waals surface area contributed by atoms with Gasteiger partial charge in [-0.3, -0.25) is 20.0 Å². The van der Waals surface area contributed by atoms with E-state index in [0.717, 1.165) is 53.2 Å². The molecule has 1 fully saturated rings. The second-order valence-corrected chi connectivity index (χ2v) is 16.5. The van der Waals surface area contributed by atoms with Gasteiger partial charge in [0.25, 0.3) is 5.56 Å². The summed E-state index contributed by atoms with van der Waals surface area (Å²) in [5.74, 6) is -1.23. The van der Waals surface area contributed by atoms with Crippen LogP contribution in [0.4, 0.5) is 15.3 Å². The lowest BCUT2D eigenvalue weighted by Crippen LogP contribution is -2.48. The highest BCUT2D eigenvalue weighted by molar-refractivity contribution is 6.22. The summed E-state index contributed by atoms with van der Waals surface area (Å²) in [5, 5.41) is 40.8. The number of esters is 1. The van der Waals surface area contributed by atoms with Crippen LogP contribution in [0.2, 0.25) is 0 Å². The van der Waals surface area contributed by atoms with Gasteiger partial charge in [0.1, 0.15) is 29.7 Å². The predicted molar refractivity (Wildman–Crippen MR) is 246 cm³/mol. The number of anilines is 1. The smallest absolute Gasteiger partial charge is 0.415 e. The van der Waals surface area contributed by atoms with Gasteiger partial charge in [-0.25, -0.2) is 24.3 Å². The molecular formula is C48H56N8O9. The standard InChI is InChI=1S/C46H50N8O9.C2H6/c1-5-29-31-18-28(10-11-36(31)49-40-34(29)23-53-37(40)20-32-35(43(53)58)24-62-44(59)41(32)57)63-46(61)50(4)12-13-51-14-16-52(17-15-51)22-26-6-8-27(9-7-26)54(45(48)60)42(47)33-19-30(25(2)3)38(55)21-39(33)56;1-2/h6-11,18-21,25,41,47,55-57H,5,12-17,22-24H2,1-4H3,(H2,48,60);1-2H3. The van der Waals surface area contributed by atoms with E-state index in [2.05, 4.69) is 9.80 Å². The van der Waals surface area contributed by atoms with Crippen LogP contribution < -0.4 is 20.9 Å². The van der Waals surface area contributed by atoms with Crippen LogP contribution in [-0.2, 0) is 35.6 Å². The number of benzene rings is 3. The van der Waals surface area contributed by atoms with Gasteiger partial charge in [-0.2, -0.15) is 0 Å². The van der Waals surface area contributed by atoms with E-state index in [1.165, 1.54) is 12.1 Å². The van der Waals surface area contributed by atoms with Crippen LogP contribution >= 0.6 is 0 Å². The Morgan fingerprint density at radius 3 is 2.32 bits per heavy atom. The number of phenolic OH excluding ortho intramolecular Hbond substituents is 2. The number of nitrogens with two attached hydrogens (primary N) is 1. The Bertz CT molecular complexity index is 2730. The normalized spacial score (nSPS) is 15.6. The third kappa shape index (κ3) is 9.12. The number of nitrogens with one attached hydrogen (secondary N) is 1. The van der Waals surface area contributed by atoms with Gasteiger partial charge in [0, 0.05) is 75.4 Å². The number of amidine groups is 1. The Labute approximate surface area is 376 Å². The van der Waals surface area contributed by atoms with E-state index < -0.39 is 24.2 Å². The molecule has 65 heavy (non-hydrogen) atoms. The molecule has 6 N–H and O–H groups in total. The fraction of sp³-hybridized carbons (Fsp3) is 0.375. The molecule has 3 aliphatic rings. The van der Waals surface area contributed by atoms with Crippen LogP contribution in [0.15, 0.2) is 65.5 Å². The van der Waals surface area contributed by atoms with Crippen molar-refractivity contribution in [3.8, 4) is 28.6 Å². The first-order valence-corrected chi connectivity index (χ1v) is 21.9. The van der Waals surface area contributed by atoms with Gasteiger partial charge in [-0.15, -0.1) is 0 Å². The van der Waals surface area contributed by atoms with Gasteiger partial charge in [-0.1, -0.05) is 46.8 Å². The molecule has 0 radical (unpaired) electrons. The lowest BCUT2D eigenvalue weighted by atomic mass is 9.97. The monoisotopic (exact) mass is 888 g/mol. The lowest BCUT2D eigenvalue weighted by Gasteiger charge is -2.35. The number of nitrogens with zero attached hydrogens (tertiary/aromatic N) is 6. The molecule has 0 saturated carbocycles. The largest absolute Gasteiger partial charge is 0.508 e. The number of piperazine rings is 1. The number of aryl methyl sites for hydroxylation is 1. The number of likely N-dealkylation sites (N-methyl/N-ethyl adjacent to an activating group) is 1. The fourth-order valence-electron chi connectivity index (χ4n) is 8.63. The number of ether oxygens (including phenoxy) is 2. The molecule has 0 bridgehead atoms. The van der Waals surface area contributed by atoms with Crippen LogP contribution in [0.5, 0.6) is 17.2 Å². The minimum atomic E-state index is -1.53. The maximum absolute atomic E-state index is 13.5. The van der Waals surface area contributed by atoms with E-state index in [1.807, 2.05) is 46.8 Å². The van der Waals surface area contributed by atoms with Crippen LogP contribution in [-0.4, -0.2) is 110 Å². The third-order valence-corrected chi connectivity index (χ3v) is 12.2. The average molecular weight is 889 g/mol. The van der Waals surface area contributed by atoms with Crippen molar-refractivity contribution >= 4 is 40.5 Å². The minimum Gasteiger partial charge on any atom is -0.508 e. The Hall–Kier alpha value is -6.82. The van der Waals surface area contributed by atoms with Crippen LogP contribution in [0.25, 0.3) is 22.3 Å². The number of fused-ring (bicyclic) bond motifs is 5. The number of primary amides is 1. The molecule has 1 atom stereocenters. The number of carbonyl (C=O) groups excluding carboxylic acids is 3. The maximum atomic E-state index is 13.5. The summed E-state index contributed by atoms with van der Waals surface area (Å²) >= 11 is 0. The van der Waals surface area contributed by atoms with Gasteiger partial charge in [0.2, 0.25) is 0 Å². The first-order valence-electron chi connectivity index (χ1n) is 21.9. The van der Waals surface area contributed by atoms with Crippen molar-refractivity contribution in [1.29, 1.82) is 5.41 Å². The first kappa shape index (κ1) is 46.2. The Balaban J connectivity index is 0.00000311. The quantitative estimate of drug-likeness (QED) is 0.0625. The summed E-state index contributed by atoms with van der Waals surface area (Å²) in [7, 11) is 1.70. The number of urea groups is 1. The molecule has 5 aromatic rings. The average Bonchev–Trinajstić information content (AvgIpc) is 3.66. The van der Waals surface area contributed by atoms with Crippen molar-refractivity contribution in [3.05, 3.63) is 110 Å². The molecule has 0 spiro atoms. The predicted octanol–water partition coefficient (Wildman–Crippen LogP) is 5.80. The number of aromatic nitrogens is 2. The number of amides is 3. The zero-order valence-corrected chi connectivity index (χ0v) is 37.6. The number of carbonyl (C=O) groups is 3. The number of aliphatic hydroxyl groups is 1. The van der Waals surface area contributed by atoms with E-state index in [4.69, 9.17) is 25.6 Å². The SMILES string of the molecule is CC.CCc1c2c(nc3ccc(OC(=O)N(C)CCN4CCN(Cc5ccc(N(C(=N)c6cc(C(C)C)c(O)cc6O)C(N)=O)cc5)CC4)cc13)-c1cc3c(c(=O)n1C2)COC(=O)C3O. The second-order valence-electron chi connectivity index (χ2n) is 16.5. The third-order valence-electron chi connectivity index (χ3n) is 12.2. The summed E-state index contributed by atoms with van der Waals surface area (Å²) in [6.45, 7) is 14.8. The number of hydrogen-bond acceptors (Lipinski definition) is 13. The van der Waals surface area contributed by atoms with Gasteiger partial charge in [-0.05, 0) is 71.5 Å². The zero-order valence-electron chi connectivity index (χ0n) is 37.6. The molecule has 3 aromatic carbocycles. The molecule has 2 aromatic heterocycles. The second kappa shape index (κ2) is 19.1. The van der Waals surface area contributed by atoms with Crippen molar-refractivity contribution in [3.63, 3.8) is 0 Å². The van der Waals surface area contributed by atoms with Crippen LogP contribution in [0.3, 0.4) is 0 Å². The molecule has 17 heteroatoms. The number of pyridine rings is 2. The summed E-state index contributed by atoms with van der Waals surface area (Å²) in [6, 6.07) is 15.9. The highest BCUT2D eigenvalue weighted by atomic mass is 16.6. The molecular weight excluding hydrogens is 833 g/mol. The Morgan fingerprint density at radius 1 is 0.969 bits per heavy atom. The molecule has 3 aliphatic heterocycles. The van der Waals surface area contributed by atoms with Gasteiger partial charge >= 0.3 is 18.1 Å². The van der Waals surface area contributed by atoms with Crippen molar-refractivity contribution in [2.24, 2.45) is 5.73 Å². The topological polar surface area (TPSA) is 228 Å². The fourth-order valence-corrected chi connectivity index (χ4v) is 8.63. The van der Waals surface area contributed by atoms with Gasteiger partial charge in [0.05, 0.1) is 40.3 Å². The van der Waals surface area contributed by atoms with E-state index >= 15 is 0 Å². The number of hydrogen-bond donors (Lipinski definition) is 5. The molecule has 8 rings (SSSR count). The van der Waals surface area contributed by atoms with Crippen molar-refractivity contribution in [1.82, 2.24) is 24.3 Å². The zero-order chi connectivity index (χ0) is 46.9. The summed E-state index contributed by atoms with van der Waals surface area (Å²) < 4.78 is 12.5. The van der Waals surface area contributed by atoms with E-state index in [1.54, 1.807) is 52.9 Å². The summed E-state index contributed by atoms with van der Waals surface area (Å²) in [4.78, 5) is 63.4. The molecule has 5 heterocycles. The van der Waals surface area contributed by atoms with Crippen molar-refractivity contribution in [2.75, 3.05) is 51.2 Å². The molecule has 1 unspecified atom stereocenters. The summed E-state index contributed by atoms with van der Waals surface area (Å²) in [6.07, 6.45) is -1.40. The van der Waals surface area contributed by atoms with Gasteiger partial charge < -0.3 is 40.0 Å². The molecule has 342 valence electrons. The lowest BCUT2D eigenvalue weighted by molar-refractivity contribution is -0.157. The Morgan fingerprint density at radius 2 is 1.66 bits per heavy atom. The molecule has 0 aliphatic carbocycles. The summed E-state index contributed by atoms with van der Waals surface area (Å²) in [5.41, 5.74) is 11.5. The molecule has 3 amide bonds. The van der Waals surface area contributed by atoms with Crippen LogP contribution in [0.1, 0.15) is 85.6 Å².